The summed E-state index contributed by atoms with van der Waals surface area (Å²) in [6.07, 6.45) is 12.0. The zero-order valence-corrected chi connectivity index (χ0v) is 19.9. The van der Waals surface area contributed by atoms with Gasteiger partial charge in [0.2, 0.25) is 0 Å². The molecule has 1 aliphatic rings. The molecule has 35 heavy (non-hydrogen) atoms. The van der Waals surface area contributed by atoms with Crippen molar-refractivity contribution in [3.63, 3.8) is 0 Å². The number of nitrogens with zero attached hydrogens (tertiary/aromatic N) is 5. The molecule has 0 saturated heterocycles. The van der Waals surface area contributed by atoms with Crippen LogP contribution in [0, 0.1) is 13.8 Å². The van der Waals surface area contributed by atoms with Gasteiger partial charge in [0.15, 0.2) is 5.82 Å². The fourth-order valence-corrected chi connectivity index (χ4v) is 4.76. The van der Waals surface area contributed by atoms with Crippen molar-refractivity contribution in [1.29, 1.82) is 0 Å². The molecule has 1 aromatic carbocycles. The number of nitrogens with one attached hydrogen (secondary N) is 2. The number of nitrogen functional groups attached to an aromatic ring is 1. The van der Waals surface area contributed by atoms with E-state index in [0.29, 0.717) is 18.9 Å². The third-order valence-corrected chi connectivity index (χ3v) is 6.89. The zero-order valence-electron chi connectivity index (χ0n) is 19.9. The van der Waals surface area contributed by atoms with Crippen LogP contribution >= 0.6 is 0 Å². The van der Waals surface area contributed by atoms with Crippen LogP contribution in [-0.2, 0) is 13.1 Å². The molecule has 8 heteroatoms. The topological polar surface area (TPSA) is 106 Å². The maximum absolute atomic E-state index is 6.10. The van der Waals surface area contributed by atoms with Crippen LogP contribution in [0.3, 0.4) is 0 Å². The third kappa shape index (κ3) is 4.12. The summed E-state index contributed by atoms with van der Waals surface area (Å²) >= 11 is 0. The summed E-state index contributed by atoms with van der Waals surface area (Å²) in [7, 11) is 0. The molecule has 6 rings (SSSR count). The van der Waals surface area contributed by atoms with Crippen molar-refractivity contribution in [1.82, 2.24) is 24.3 Å². The van der Waals surface area contributed by atoms with Crippen molar-refractivity contribution >= 4 is 33.7 Å². The Bertz CT molecular complexity index is 1550. The molecule has 0 amide bonds. The number of hydrogen-bond acceptors (Lipinski definition) is 7. The second kappa shape index (κ2) is 8.54. The first-order valence-corrected chi connectivity index (χ1v) is 12.0. The number of pyridine rings is 2. The van der Waals surface area contributed by atoms with E-state index in [2.05, 4.69) is 74.4 Å². The Kier molecular flexibility index (Phi) is 5.21. The summed E-state index contributed by atoms with van der Waals surface area (Å²) in [4.78, 5) is 17.7. The summed E-state index contributed by atoms with van der Waals surface area (Å²) < 4.78 is 2.12. The van der Waals surface area contributed by atoms with Crippen LogP contribution in [0.1, 0.15) is 46.7 Å². The molecule has 4 heterocycles. The van der Waals surface area contributed by atoms with Gasteiger partial charge in [-0.15, -0.1) is 0 Å². The minimum atomic E-state index is 0.561. The number of hydrogen-bond donors (Lipinski definition) is 3. The van der Waals surface area contributed by atoms with Gasteiger partial charge in [-0.25, -0.2) is 19.9 Å². The Hall–Kier alpha value is -4.20. The maximum Gasteiger partial charge on any atom is 0.153 e. The van der Waals surface area contributed by atoms with Gasteiger partial charge in [-0.05, 0) is 78.4 Å². The lowest BCUT2D eigenvalue weighted by Crippen LogP contribution is -2.09. The number of imidazole rings is 1. The molecule has 1 aliphatic carbocycles. The van der Waals surface area contributed by atoms with Crippen LogP contribution in [0.2, 0.25) is 0 Å². The van der Waals surface area contributed by atoms with Gasteiger partial charge in [0.1, 0.15) is 17.8 Å². The lowest BCUT2D eigenvalue weighted by molar-refractivity contribution is 1.03. The quantitative estimate of drug-likeness (QED) is 0.312. The summed E-state index contributed by atoms with van der Waals surface area (Å²) in [5, 5.41) is 9.06. The van der Waals surface area contributed by atoms with E-state index < -0.39 is 0 Å². The fourth-order valence-electron chi connectivity index (χ4n) is 4.76. The highest BCUT2D eigenvalue weighted by atomic mass is 15.1. The maximum atomic E-state index is 6.10. The molecule has 5 aromatic rings. The minimum Gasteiger partial charge on any atom is -0.383 e. The van der Waals surface area contributed by atoms with E-state index in [0.717, 1.165) is 39.5 Å². The van der Waals surface area contributed by atoms with E-state index in [1.807, 2.05) is 6.07 Å². The van der Waals surface area contributed by atoms with Gasteiger partial charge in [-0.2, -0.15) is 0 Å². The predicted octanol–water partition coefficient (Wildman–Crippen LogP) is 4.97. The molecular weight excluding hydrogens is 436 g/mol. The second-order valence-electron chi connectivity index (χ2n) is 9.31. The number of aryl methyl sites for hydroxylation is 2. The molecule has 0 unspecified atom stereocenters. The number of anilines is 3. The number of benzene rings is 1. The Morgan fingerprint density at radius 1 is 1.03 bits per heavy atom. The highest BCUT2D eigenvalue weighted by Crippen LogP contribution is 2.39. The summed E-state index contributed by atoms with van der Waals surface area (Å²) in [6.45, 7) is 5.46. The average Bonchev–Trinajstić information content (AvgIpc) is 3.63. The van der Waals surface area contributed by atoms with E-state index in [4.69, 9.17) is 10.7 Å². The molecule has 1 fully saturated rings. The third-order valence-electron chi connectivity index (χ3n) is 6.89. The Balaban J connectivity index is 1.19. The minimum absolute atomic E-state index is 0.561. The van der Waals surface area contributed by atoms with Crippen molar-refractivity contribution < 1.29 is 0 Å². The molecule has 0 atom stereocenters. The van der Waals surface area contributed by atoms with Gasteiger partial charge in [0.25, 0.3) is 0 Å². The molecule has 8 nitrogen and oxygen atoms in total. The first kappa shape index (κ1) is 21.3. The van der Waals surface area contributed by atoms with E-state index in [1.165, 1.54) is 35.1 Å². The van der Waals surface area contributed by atoms with Crippen LogP contribution < -0.4 is 16.4 Å². The molecule has 0 aliphatic heterocycles. The van der Waals surface area contributed by atoms with Crippen molar-refractivity contribution in [2.24, 2.45) is 0 Å². The molecule has 4 N–H and O–H groups in total. The fraction of sp³-hybridized carbons (Fsp3) is 0.259. The summed E-state index contributed by atoms with van der Waals surface area (Å²) in [6, 6.07) is 8.43. The van der Waals surface area contributed by atoms with E-state index >= 15 is 0 Å². The Labute approximate surface area is 203 Å². The smallest absolute Gasteiger partial charge is 0.153 e. The molecule has 0 spiro atoms. The van der Waals surface area contributed by atoms with Gasteiger partial charge in [0, 0.05) is 30.5 Å². The lowest BCUT2D eigenvalue weighted by atomic mass is 9.96. The van der Waals surface area contributed by atoms with E-state index in [1.54, 1.807) is 18.7 Å². The molecule has 176 valence electrons. The van der Waals surface area contributed by atoms with E-state index in [-0.39, 0.29) is 0 Å². The zero-order chi connectivity index (χ0) is 23.9. The standard InChI is InChI=1S/C27H28N8/c1-16-9-22-21(7-8-30-26(22)28)17(2)23(16)11-32-27-24(12-29-15-33-27)31-10-20-14-35-13-19(18-3-4-18)5-6-25(35)34-20/h5-9,12-15,18,31H,3-4,10-11H2,1-2H3,(H2,28,30)(H,29,32,33). The van der Waals surface area contributed by atoms with Crippen molar-refractivity contribution in [2.75, 3.05) is 16.4 Å². The van der Waals surface area contributed by atoms with Gasteiger partial charge >= 0.3 is 0 Å². The number of rotatable bonds is 7. The highest BCUT2D eigenvalue weighted by Gasteiger charge is 2.23. The van der Waals surface area contributed by atoms with Crippen molar-refractivity contribution in [3.8, 4) is 0 Å². The molecule has 0 bridgehead atoms. The van der Waals surface area contributed by atoms with Gasteiger partial charge in [-0.3, -0.25) is 0 Å². The SMILES string of the molecule is Cc1cc2c(N)nccc2c(C)c1CNc1ncncc1NCc1cn2cc(C3CC3)ccc2n1. The van der Waals surface area contributed by atoms with Gasteiger partial charge in [0.05, 0.1) is 24.1 Å². The molecular formula is C27H28N8. The van der Waals surface area contributed by atoms with Crippen LogP contribution in [0.5, 0.6) is 0 Å². The average molecular weight is 465 g/mol. The summed E-state index contributed by atoms with van der Waals surface area (Å²) in [5.74, 6) is 2.04. The van der Waals surface area contributed by atoms with Crippen molar-refractivity contribution in [3.05, 3.63) is 83.3 Å². The predicted molar refractivity (Wildman–Crippen MR) is 139 cm³/mol. The molecule has 0 radical (unpaired) electrons. The van der Waals surface area contributed by atoms with Crippen LogP contribution in [0.25, 0.3) is 16.4 Å². The Morgan fingerprint density at radius 2 is 1.91 bits per heavy atom. The first-order chi connectivity index (χ1) is 17.1. The monoisotopic (exact) mass is 464 g/mol. The van der Waals surface area contributed by atoms with Crippen LogP contribution in [0.4, 0.5) is 17.3 Å². The van der Waals surface area contributed by atoms with Crippen molar-refractivity contribution in [2.45, 2.75) is 45.7 Å². The number of fused-ring (bicyclic) bond motifs is 2. The van der Waals surface area contributed by atoms with Gasteiger partial charge in [-0.1, -0.05) is 6.07 Å². The number of nitrogens with two attached hydrogens (primary N) is 1. The normalized spacial score (nSPS) is 13.4. The van der Waals surface area contributed by atoms with Gasteiger partial charge < -0.3 is 20.8 Å². The Morgan fingerprint density at radius 3 is 2.77 bits per heavy atom. The largest absolute Gasteiger partial charge is 0.383 e. The molecule has 1 saturated carbocycles. The highest BCUT2D eigenvalue weighted by molar-refractivity contribution is 5.94. The van der Waals surface area contributed by atoms with Crippen LogP contribution in [-0.4, -0.2) is 24.3 Å². The summed E-state index contributed by atoms with van der Waals surface area (Å²) in [5.41, 5.74) is 13.9. The first-order valence-electron chi connectivity index (χ1n) is 12.0. The molecule has 4 aromatic heterocycles. The van der Waals surface area contributed by atoms with Crippen LogP contribution in [0.15, 0.2) is 55.4 Å². The number of aromatic nitrogens is 5. The second-order valence-corrected chi connectivity index (χ2v) is 9.31. The lowest BCUT2D eigenvalue weighted by Gasteiger charge is -2.16. The van der Waals surface area contributed by atoms with E-state index in [9.17, 15) is 0 Å².